The lowest BCUT2D eigenvalue weighted by Crippen LogP contribution is -2.16. The fourth-order valence-corrected chi connectivity index (χ4v) is 3.53. The molecule has 0 aliphatic heterocycles. The Morgan fingerprint density at radius 2 is 2.00 bits per heavy atom. The summed E-state index contributed by atoms with van der Waals surface area (Å²) < 4.78 is 6.47. The first kappa shape index (κ1) is 17.1. The number of aryl methyl sites for hydroxylation is 2. The van der Waals surface area contributed by atoms with Crippen molar-refractivity contribution in [3.05, 3.63) is 75.1 Å². The Morgan fingerprint density at radius 3 is 2.68 bits per heavy atom. The fraction of sp³-hybridized carbons (Fsp3) is 0.211. The Hall–Kier alpha value is -2.73. The van der Waals surface area contributed by atoms with Crippen LogP contribution in [0.15, 0.2) is 53.5 Å². The van der Waals surface area contributed by atoms with Crippen molar-refractivity contribution in [2.24, 2.45) is 0 Å². The standard InChI is InChI=1S/C19H18N2O3S/c1-13-18(16(22)9-8-14-6-4-3-5-7-14)25-19(20-13)21-11-10-15(24-2)12-17(21)23/h3-7,10-12H,8-9H2,1-2H3. The number of ketones is 1. The molecular formula is C19H18N2O3S. The average molecular weight is 354 g/mol. The molecule has 2 aromatic heterocycles. The summed E-state index contributed by atoms with van der Waals surface area (Å²) in [6.45, 7) is 1.80. The lowest BCUT2D eigenvalue weighted by molar-refractivity contribution is 0.0986. The highest BCUT2D eigenvalue weighted by Crippen LogP contribution is 2.23. The van der Waals surface area contributed by atoms with Gasteiger partial charge in [-0.15, -0.1) is 0 Å². The van der Waals surface area contributed by atoms with Crippen molar-refractivity contribution in [3.8, 4) is 10.9 Å². The van der Waals surface area contributed by atoms with Gasteiger partial charge in [0.25, 0.3) is 5.56 Å². The summed E-state index contributed by atoms with van der Waals surface area (Å²) in [5.74, 6) is 0.542. The third kappa shape index (κ3) is 3.85. The smallest absolute Gasteiger partial charge is 0.260 e. The average Bonchev–Trinajstić information content (AvgIpc) is 3.02. The number of hydrogen-bond acceptors (Lipinski definition) is 5. The Morgan fingerprint density at radius 1 is 1.24 bits per heavy atom. The molecule has 1 aromatic carbocycles. The van der Waals surface area contributed by atoms with E-state index in [0.29, 0.717) is 34.3 Å². The molecule has 0 spiro atoms. The Kier molecular flexibility index (Phi) is 5.09. The Balaban J connectivity index is 1.80. The summed E-state index contributed by atoms with van der Waals surface area (Å²) in [7, 11) is 1.51. The van der Waals surface area contributed by atoms with Gasteiger partial charge in [0.1, 0.15) is 5.75 Å². The zero-order chi connectivity index (χ0) is 17.8. The largest absolute Gasteiger partial charge is 0.497 e. The van der Waals surface area contributed by atoms with E-state index in [9.17, 15) is 9.59 Å². The highest BCUT2D eigenvalue weighted by atomic mass is 32.1. The monoisotopic (exact) mass is 354 g/mol. The number of rotatable bonds is 6. The van der Waals surface area contributed by atoms with Crippen LogP contribution in [0, 0.1) is 6.92 Å². The van der Waals surface area contributed by atoms with E-state index in [1.807, 2.05) is 30.3 Å². The van der Waals surface area contributed by atoms with E-state index >= 15 is 0 Å². The van der Waals surface area contributed by atoms with Crippen LogP contribution in [0.2, 0.25) is 0 Å². The van der Waals surface area contributed by atoms with E-state index in [0.717, 1.165) is 5.56 Å². The van der Waals surface area contributed by atoms with Crippen molar-refractivity contribution in [2.45, 2.75) is 19.8 Å². The molecule has 0 saturated carbocycles. The number of nitrogens with zero attached hydrogens (tertiary/aromatic N) is 2. The number of hydrogen-bond donors (Lipinski definition) is 0. The zero-order valence-corrected chi connectivity index (χ0v) is 14.9. The minimum atomic E-state index is -0.239. The van der Waals surface area contributed by atoms with Gasteiger partial charge in [0.15, 0.2) is 10.9 Å². The van der Waals surface area contributed by atoms with Crippen molar-refractivity contribution in [1.29, 1.82) is 0 Å². The zero-order valence-electron chi connectivity index (χ0n) is 14.1. The number of ether oxygens (including phenoxy) is 1. The van der Waals surface area contributed by atoms with E-state index < -0.39 is 0 Å². The van der Waals surface area contributed by atoms with Gasteiger partial charge in [-0.3, -0.25) is 14.2 Å². The van der Waals surface area contributed by atoms with E-state index in [4.69, 9.17) is 4.74 Å². The predicted molar refractivity (Wildman–Crippen MR) is 98.1 cm³/mol. The Labute approximate surface area is 149 Å². The molecule has 0 N–H and O–H groups in total. The lowest BCUT2D eigenvalue weighted by Gasteiger charge is -2.02. The van der Waals surface area contributed by atoms with Crippen LogP contribution in [0.25, 0.3) is 5.13 Å². The first-order chi connectivity index (χ1) is 12.1. The van der Waals surface area contributed by atoms with Crippen LogP contribution in [-0.4, -0.2) is 22.4 Å². The summed E-state index contributed by atoms with van der Waals surface area (Å²) in [4.78, 5) is 29.7. The van der Waals surface area contributed by atoms with E-state index in [2.05, 4.69) is 4.98 Å². The SMILES string of the molecule is COc1ccn(-c2nc(C)c(C(=O)CCc3ccccc3)s2)c(=O)c1. The molecule has 0 saturated heterocycles. The molecule has 0 amide bonds. The van der Waals surface area contributed by atoms with Gasteiger partial charge in [-0.2, -0.15) is 0 Å². The van der Waals surface area contributed by atoms with Crippen molar-refractivity contribution >= 4 is 17.1 Å². The number of benzene rings is 1. The minimum absolute atomic E-state index is 0.0478. The van der Waals surface area contributed by atoms with Gasteiger partial charge in [0, 0.05) is 18.7 Å². The van der Waals surface area contributed by atoms with Crippen LogP contribution >= 0.6 is 11.3 Å². The molecular weight excluding hydrogens is 336 g/mol. The van der Waals surface area contributed by atoms with Crippen LogP contribution in [0.3, 0.4) is 0 Å². The van der Waals surface area contributed by atoms with Crippen LogP contribution in [0.4, 0.5) is 0 Å². The molecule has 0 unspecified atom stereocenters. The van der Waals surface area contributed by atoms with Gasteiger partial charge >= 0.3 is 0 Å². The number of thiazole rings is 1. The molecule has 25 heavy (non-hydrogen) atoms. The highest BCUT2D eigenvalue weighted by molar-refractivity contribution is 7.16. The van der Waals surface area contributed by atoms with E-state index in [1.165, 1.54) is 29.1 Å². The van der Waals surface area contributed by atoms with Crippen LogP contribution in [-0.2, 0) is 6.42 Å². The molecule has 3 rings (SSSR count). The molecule has 2 heterocycles. The summed E-state index contributed by atoms with van der Waals surface area (Å²) in [6.07, 6.45) is 2.72. The molecule has 0 radical (unpaired) electrons. The molecule has 0 aliphatic rings. The third-order valence-electron chi connectivity index (χ3n) is 3.85. The number of carbonyl (C=O) groups is 1. The van der Waals surface area contributed by atoms with Gasteiger partial charge < -0.3 is 4.74 Å². The van der Waals surface area contributed by atoms with Crippen LogP contribution in [0.1, 0.15) is 27.3 Å². The van der Waals surface area contributed by atoms with Crippen molar-refractivity contribution in [1.82, 2.24) is 9.55 Å². The fourth-order valence-electron chi connectivity index (χ4n) is 2.51. The summed E-state index contributed by atoms with van der Waals surface area (Å²) >= 11 is 1.24. The Bertz CT molecular complexity index is 945. The number of methoxy groups -OCH3 is 1. The second-order valence-corrected chi connectivity index (χ2v) is 6.57. The number of pyridine rings is 1. The highest BCUT2D eigenvalue weighted by Gasteiger charge is 2.17. The summed E-state index contributed by atoms with van der Waals surface area (Å²) in [5, 5.41) is 0.494. The lowest BCUT2D eigenvalue weighted by atomic mass is 10.1. The molecule has 5 nitrogen and oxygen atoms in total. The molecule has 0 bridgehead atoms. The quantitative estimate of drug-likeness (QED) is 0.636. The van der Waals surface area contributed by atoms with Gasteiger partial charge in [-0.1, -0.05) is 41.7 Å². The predicted octanol–water partition coefficient (Wildman–Crippen LogP) is 3.43. The third-order valence-corrected chi connectivity index (χ3v) is 5.05. The van der Waals surface area contributed by atoms with E-state index in [-0.39, 0.29) is 11.3 Å². The molecule has 0 fully saturated rings. The van der Waals surface area contributed by atoms with Gasteiger partial charge in [-0.25, -0.2) is 4.98 Å². The molecule has 0 atom stereocenters. The minimum Gasteiger partial charge on any atom is -0.497 e. The number of aromatic nitrogens is 2. The van der Waals surface area contributed by atoms with Gasteiger partial charge in [-0.05, 0) is 25.0 Å². The summed E-state index contributed by atoms with van der Waals surface area (Å²) in [5.41, 5.74) is 1.54. The van der Waals surface area contributed by atoms with Crippen molar-refractivity contribution in [2.75, 3.05) is 7.11 Å². The number of Topliss-reactive ketones (excluding diaryl/α,β-unsaturated/α-hetero) is 1. The van der Waals surface area contributed by atoms with Crippen molar-refractivity contribution < 1.29 is 9.53 Å². The molecule has 128 valence electrons. The van der Waals surface area contributed by atoms with Crippen molar-refractivity contribution in [3.63, 3.8) is 0 Å². The van der Waals surface area contributed by atoms with Crippen LogP contribution in [0.5, 0.6) is 5.75 Å². The maximum absolute atomic E-state index is 12.5. The summed E-state index contributed by atoms with van der Waals surface area (Å²) in [6, 6.07) is 13.0. The topological polar surface area (TPSA) is 61.2 Å². The molecule has 6 heteroatoms. The van der Waals surface area contributed by atoms with E-state index in [1.54, 1.807) is 19.2 Å². The second-order valence-electron chi connectivity index (χ2n) is 5.59. The maximum atomic E-state index is 12.5. The molecule has 0 aliphatic carbocycles. The van der Waals surface area contributed by atoms with Gasteiger partial charge in [0.05, 0.1) is 17.7 Å². The normalized spacial score (nSPS) is 10.6. The van der Waals surface area contributed by atoms with Crippen LogP contribution < -0.4 is 10.3 Å². The second kappa shape index (κ2) is 7.44. The number of carbonyl (C=O) groups excluding carboxylic acids is 1. The maximum Gasteiger partial charge on any atom is 0.260 e. The first-order valence-corrected chi connectivity index (χ1v) is 8.72. The van der Waals surface area contributed by atoms with Gasteiger partial charge in [0.2, 0.25) is 0 Å². The molecule has 3 aromatic rings. The first-order valence-electron chi connectivity index (χ1n) is 7.90.